The predicted octanol–water partition coefficient (Wildman–Crippen LogP) is 4.79. The van der Waals surface area contributed by atoms with Crippen LogP contribution in [0.3, 0.4) is 0 Å². The molecule has 0 unspecified atom stereocenters. The quantitative estimate of drug-likeness (QED) is 0.125. The summed E-state index contributed by atoms with van der Waals surface area (Å²) in [6.07, 6.45) is 4.52. The number of hydroxylamine groups is 1. The van der Waals surface area contributed by atoms with Crippen molar-refractivity contribution in [1.29, 1.82) is 0 Å². The Balaban J connectivity index is 1.36. The minimum absolute atomic E-state index is 0.179. The highest BCUT2D eigenvalue weighted by atomic mass is 16.7. The molecule has 1 N–H and O–H groups in total. The minimum Gasteiger partial charge on any atom is -0.496 e. The molecule has 0 aliphatic heterocycles. The van der Waals surface area contributed by atoms with Crippen LogP contribution in [0.4, 0.5) is 5.69 Å². The molecule has 5 rings (SSSR count). The average Bonchev–Trinajstić information content (AvgIpc) is 3.62. The fraction of sp³-hybridized carbons (Fsp3) is 0.233. The maximum absolute atomic E-state index is 11.7. The molecule has 0 radical (unpaired) electrons. The number of ether oxygens (including phenoxy) is 1. The van der Waals surface area contributed by atoms with Gasteiger partial charge in [-0.25, -0.2) is 4.79 Å². The van der Waals surface area contributed by atoms with Gasteiger partial charge < -0.3 is 14.4 Å². The highest BCUT2D eigenvalue weighted by molar-refractivity contribution is 5.89. The monoisotopic (exact) mass is 554 g/mol. The van der Waals surface area contributed by atoms with Crippen LogP contribution in [0.5, 0.6) is 5.75 Å². The van der Waals surface area contributed by atoms with E-state index >= 15 is 0 Å². The lowest BCUT2D eigenvalue weighted by molar-refractivity contribution is -0.114. The SMILES string of the molecule is CCCCON(C=O)c1ccc2ccn(Cc3ccc(-c4nnn(Cc5ccccc5C(=O)O)n4)cc3OC)c2c1. The van der Waals surface area contributed by atoms with Crippen molar-refractivity contribution in [1.82, 2.24) is 24.8 Å². The van der Waals surface area contributed by atoms with E-state index in [1.807, 2.05) is 48.7 Å². The number of tetrazole rings is 1. The van der Waals surface area contributed by atoms with Gasteiger partial charge in [-0.3, -0.25) is 9.63 Å². The van der Waals surface area contributed by atoms with Crippen molar-refractivity contribution in [3.63, 3.8) is 0 Å². The van der Waals surface area contributed by atoms with E-state index in [1.165, 1.54) is 9.86 Å². The van der Waals surface area contributed by atoms with E-state index in [0.29, 0.717) is 47.9 Å². The van der Waals surface area contributed by atoms with Crippen molar-refractivity contribution >= 4 is 29.0 Å². The third kappa shape index (κ3) is 6.10. The van der Waals surface area contributed by atoms with Crippen LogP contribution in [0.15, 0.2) is 72.9 Å². The lowest BCUT2D eigenvalue weighted by Gasteiger charge is -2.17. The number of amides is 1. The van der Waals surface area contributed by atoms with Crippen molar-refractivity contribution in [3.8, 4) is 17.1 Å². The molecule has 0 spiro atoms. The first-order chi connectivity index (χ1) is 20.0. The Morgan fingerprint density at radius 2 is 1.90 bits per heavy atom. The van der Waals surface area contributed by atoms with Gasteiger partial charge in [-0.1, -0.05) is 49.7 Å². The second-order valence-electron chi connectivity index (χ2n) is 9.44. The summed E-state index contributed by atoms with van der Waals surface area (Å²) in [7, 11) is 1.61. The van der Waals surface area contributed by atoms with E-state index in [1.54, 1.807) is 31.4 Å². The largest absolute Gasteiger partial charge is 0.496 e. The Morgan fingerprint density at radius 1 is 1.05 bits per heavy atom. The van der Waals surface area contributed by atoms with E-state index < -0.39 is 5.97 Å². The number of fused-ring (bicyclic) bond motifs is 1. The van der Waals surface area contributed by atoms with E-state index in [9.17, 15) is 14.7 Å². The molecule has 0 bridgehead atoms. The van der Waals surface area contributed by atoms with Gasteiger partial charge in [0.25, 0.3) is 0 Å². The Kier molecular flexibility index (Phi) is 8.35. The van der Waals surface area contributed by atoms with Gasteiger partial charge in [-0.2, -0.15) is 9.86 Å². The number of carbonyl (C=O) groups excluding carboxylic acids is 1. The maximum atomic E-state index is 11.7. The summed E-state index contributed by atoms with van der Waals surface area (Å²) in [6, 6.07) is 20.2. The molecule has 0 aliphatic carbocycles. The fourth-order valence-electron chi connectivity index (χ4n) is 4.56. The fourth-order valence-corrected chi connectivity index (χ4v) is 4.56. The molecule has 3 aromatic carbocycles. The molecule has 0 atom stereocenters. The van der Waals surface area contributed by atoms with Gasteiger partial charge >= 0.3 is 5.97 Å². The highest BCUT2D eigenvalue weighted by Gasteiger charge is 2.15. The zero-order valence-electron chi connectivity index (χ0n) is 22.8. The Morgan fingerprint density at radius 3 is 2.68 bits per heavy atom. The van der Waals surface area contributed by atoms with E-state index in [0.717, 1.165) is 29.3 Å². The lowest BCUT2D eigenvalue weighted by atomic mass is 10.1. The molecular formula is C30H30N6O5. The Labute approximate surface area is 236 Å². The van der Waals surface area contributed by atoms with Crippen LogP contribution in [-0.4, -0.2) is 56.0 Å². The molecule has 0 saturated heterocycles. The smallest absolute Gasteiger partial charge is 0.336 e. The van der Waals surface area contributed by atoms with Gasteiger partial charge in [0.1, 0.15) is 5.75 Å². The number of methoxy groups -OCH3 is 1. The molecule has 5 aromatic rings. The molecule has 11 nitrogen and oxygen atoms in total. The van der Waals surface area contributed by atoms with Crippen LogP contribution in [-0.2, 0) is 22.7 Å². The molecule has 1 amide bonds. The Hall–Kier alpha value is -5.03. The predicted molar refractivity (Wildman–Crippen MR) is 153 cm³/mol. The molecular weight excluding hydrogens is 524 g/mol. The summed E-state index contributed by atoms with van der Waals surface area (Å²) in [4.78, 5) is 30.2. The summed E-state index contributed by atoms with van der Waals surface area (Å²) >= 11 is 0. The van der Waals surface area contributed by atoms with Gasteiger partial charge in [-0.05, 0) is 52.9 Å². The number of rotatable bonds is 13. The summed E-state index contributed by atoms with van der Waals surface area (Å²) < 4.78 is 7.79. The van der Waals surface area contributed by atoms with Crippen molar-refractivity contribution < 1.29 is 24.3 Å². The number of benzene rings is 3. The third-order valence-corrected chi connectivity index (χ3v) is 6.73. The molecule has 11 heteroatoms. The van der Waals surface area contributed by atoms with E-state index in [2.05, 4.69) is 26.9 Å². The molecule has 41 heavy (non-hydrogen) atoms. The first kappa shape index (κ1) is 27.5. The number of aromatic carboxylic acids is 1. The summed E-state index contributed by atoms with van der Waals surface area (Å²) in [5.41, 5.74) is 4.05. The number of nitrogens with zero attached hydrogens (tertiary/aromatic N) is 6. The second-order valence-corrected chi connectivity index (χ2v) is 9.44. The first-order valence-corrected chi connectivity index (χ1v) is 13.2. The van der Waals surface area contributed by atoms with Crippen LogP contribution in [0.1, 0.15) is 41.3 Å². The third-order valence-electron chi connectivity index (χ3n) is 6.73. The van der Waals surface area contributed by atoms with Gasteiger partial charge in [0.15, 0.2) is 0 Å². The van der Waals surface area contributed by atoms with Crippen LogP contribution < -0.4 is 9.80 Å². The lowest BCUT2D eigenvalue weighted by Crippen LogP contribution is -2.22. The molecule has 0 fully saturated rings. The number of unbranched alkanes of at least 4 members (excludes halogenated alkanes) is 1. The molecule has 2 aromatic heterocycles. The molecule has 0 saturated carbocycles. The second kappa shape index (κ2) is 12.4. The number of carboxylic acid groups (broad SMARTS) is 1. The zero-order chi connectivity index (χ0) is 28.8. The zero-order valence-corrected chi connectivity index (χ0v) is 22.8. The average molecular weight is 555 g/mol. The number of hydrogen-bond acceptors (Lipinski definition) is 7. The van der Waals surface area contributed by atoms with Gasteiger partial charge in [-0.15, -0.1) is 10.2 Å². The minimum atomic E-state index is -1.01. The van der Waals surface area contributed by atoms with Crippen molar-refractivity contribution in [2.24, 2.45) is 0 Å². The van der Waals surface area contributed by atoms with Crippen LogP contribution in [0.2, 0.25) is 0 Å². The molecule has 210 valence electrons. The van der Waals surface area contributed by atoms with Gasteiger partial charge in [0.05, 0.1) is 43.6 Å². The van der Waals surface area contributed by atoms with Crippen molar-refractivity contribution in [2.75, 3.05) is 18.8 Å². The summed E-state index contributed by atoms with van der Waals surface area (Å²) in [5, 5.41) is 24.5. The van der Waals surface area contributed by atoms with E-state index in [4.69, 9.17) is 9.57 Å². The van der Waals surface area contributed by atoms with Crippen molar-refractivity contribution in [3.05, 3.63) is 89.6 Å². The topological polar surface area (TPSA) is 125 Å². The van der Waals surface area contributed by atoms with Crippen LogP contribution in [0.25, 0.3) is 22.3 Å². The van der Waals surface area contributed by atoms with Crippen molar-refractivity contribution in [2.45, 2.75) is 32.9 Å². The summed E-state index contributed by atoms with van der Waals surface area (Å²) in [6.45, 7) is 3.24. The normalized spacial score (nSPS) is 11.1. The summed E-state index contributed by atoms with van der Waals surface area (Å²) in [5.74, 6) is 0.0514. The van der Waals surface area contributed by atoms with Gasteiger partial charge in [0.2, 0.25) is 12.2 Å². The van der Waals surface area contributed by atoms with Crippen LogP contribution in [0, 0.1) is 0 Å². The molecule has 2 heterocycles. The number of aromatic nitrogens is 5. The van der Waals surface area contributed by atoms with Crippen LogP contribution >= 0.6 is 0 Å². The first-order valence-electron chi connectivity index (χ1n) is 13.2. The number of carboxylic acids is 1. The maximum Gasteiger partial charge on any atom is 0.336 e. The number of anilines is 1. The van der Waals surface area contributed by atoms with Gasteiger partial charge in [0, 0.05) is 17.3 Å². The Bertz CT molecular complexity index is 1680. The van der Waals surface area contributed by atoms with E-state index in [-0.39, 0.29) is 12.1 Å². The standard InChI is InChI=1S/C30H30N6O5/c1-3-4-15-41-35(20-37)25-12-11-21-13-14-34(27(21)17-25)18-24-10-9-22(16-28(24)40-2)29-31-33-36(32-29)19-23-7-5-6-8-26(23)30(38)39/h5-14,16-17,20H,3-4,15,18-19H2,1-2H3,(H,38,39). The number of carbonyl (C=O) groups is 2. The highest BCUT2D eigenvalue weighted by Crippen LogP contribution is 2.29. The number of hydrogen-bond donors (Lipinski definition) is 1. The molecule has 0 aliphatic rings.